The van der Waals surface area contributed by atoms with E-state index in [1.807, 2.05) is 24.3 Å². The molecule has 0 unspecified atom stereocenters. The molecule has 158 valence electrons. The molecule has 0 bridgehead atoms. The van der Waals surface area contributed by atoms with Crippen molar-refractivity contribution < 1.29 is 19.1 Å². The Kier molecular flexibility index (Phi) is 5.30. The van der Waals surface area contributed by atoms with E-state index < -0.39 is 6.10 Å². The molecule has 3 aromatic rings. The van der Waals surface area contributed by atoms with Crippen LogP contribution in [0.1, 0.15) is 32.8 Å². The standard InChI is InChI=1S/C23H21N3O4S/c27-21(18-13-29-16-7-1-2-8-17(16)30-18)26-23-20(15-6-3-9-19(15)31-23)22(28)25-12-14-5-4-10-24-11-14/h1-2,4-5,7-8,10-11,18H,3,6,9,12-13H2,(H,25,28)(H,26,27)/t18-/m1/s1. The van der Waals surface area contributed by atoms with Gasteiger partial charge in [0.25, 0.3) is 11.8 Å². The highest BCUT2D eigenvalue weighted by Gasteiger charge is 2.31. The van der Waals surface area contributed by atoms with Gasteiger partial charge in [0.05, 0.1) is 5.56 Å². The molecule has 3 heterocycles. The molecule has 2 N–H and O–H groups in total. The van der Waals surface area contributed by atoms with Crippen molar-refractivity contribution in [3.8, 4) is 11.5 Å². The first kappa shape index (κ1) is 19.6. The number of carbonyl (C=O) groups excluding carboxylic acids is 2. The van der Waals surface area contributed by atoms with Crippen LogP contribution in [0.2, 0.25) is 0 Å². The Morgan fingerprint density at radius 3 is 2.84 bits per heavy atom. The highest BCUT2D eigenvalue weighted by atomic mass is 32.1. The lowest BCUT2D eigenvalue weighted by Gasteiger charge is -2.25. The Labute approximate surface area is 183 Å². The smallest absolute Gasteiger partial charge is 0.269 e. The number of pyridine rings is 1. The molecular weight excluding hydrogens is 414 g/mol. The summed E-state index contributed by atoms with van der Waals surface area (Å²) >= 11 is 1.48. The van der Waals surface area contributed by atoms with Crippen LogP contribution >= 0.6 is 11.3 Å². The van der Waals surface area contributed by atoms with Gasteiger partial charge in [-0.1, -0.05) is 18.2 Å². The lowest BCUT2D eigenvalue weighted by atomic mass is 10.1. The first-order chi connectivity index (χ1) is 15.2. The zero-order chi connectivity index (χ0) is 21.2. The fourth-order valence-corrected chi connectivity index (χ4v) is 5.14. The number of carbonyl (C=O) groups is 2. The molecule has 1 aliphatic heterocycles. The molecule has 1 aromatic carbocycles. The van der Waals surface area contributed by atoms with Crippen LogP contribution in [-0.2, 0) is 24.2 Å². The van der Waals surface area contributed by atoms with Gasteiger partial charge in [-0.15, -0.1) is 11.3 Å². The topological polar surface area (TPSA) is 89.6 Å². The van der Waals surface area contributed by atoms with E-state index in [1.165, 1.54) is 11.3 Å². The largest absolute Gasteiger partial charge is 0.485 e. The Balaban J connectivity index is 1.33. The fourth-order valence-electron chi connectivity index (χ4n) is 3.85. The lowest BCUT2D eigenvalue weighted by molar-refractivity contribution is -0.125. The van der Waals surface area contributed by atoms with Gasteiger partial charge >= 0.3 is 0 Å². The van der Waals surface area contributed by atoms with Gasteiger partial charge in [0.2, 0.25) is 6.10 Å². The molecule has 7 nitrogen and oxygen atoms in total. The number of amides is 2. The Hall–Kier alpha value is -3.39. The van der Waals surface area contributed by atoms with Crippen molar-refractivity contribution in [3.63, 3.8) is 0 Å². The molecular formula is C23H21N3O4S. The first-order valence-electron chi connectivity index (χ1n) is 10.2. The number of para-hydroxylation sites is 2. The summed E-state index contributed by atoms with van der Waals surface area (Å²) in [5, 5.41) is 6.45. The summed E-state index contributed by atoms with van der Waals surface area (Å²) in [6, 6.07) is 11.0. The van der Waals surface area contributed by atoms with Crippen molar-refractivity contribution in [1.82, 2.24) is 10.3 Å². The summed E-state index contributed by atoms with van der Waals surface area (Å²) in [5.74, 6) is 0.648. The van der Waals surface area contributed by atoms with E-state index >= 15 is 0 Å². The van der Waals surface area contributed by atoms with Crippen LogP contribution in [0.4, 0.5) is 5.00 Å². The van der Waals surface area contributed by atoms with Crippen LogP contribution in [0.25, 0.3) is 0 Å². The summed E-state index contributed by atoms with van der Waals surface area (Å²) in [5.41, 5.74) is 2.52. The minimum absolute atomic E-state index is 0.122. The molecule has 0 saturated heterocycles. The predicted molar refractivity (Wildman–Crippen MR) is 117 cm³/mol. The third-order valence-electron chi connectivity index (χ3n) is 5.36. The van der Waals surface area contributed by atoms with Crippen LogP contribution in [-0.4, -0.2) is 29.5 Å². The maximum absolute atomic E-state index is 13.0. The van der Waals surface area contributed by atoms with Gasteiger partial charge in [-0.3, -0.25) is 14.6 Å². The number of hydrogen-bond acceptors (Lipinski definition) is 6. The SMILES string of the molecule is O=C(NCc1cccnc1)c1c(NC(=O)[C@H]2COc3ccccc3O2)sc2c1CCC2. The Morgan fingerprint density at radius 2 is 2.00 bits per heavy atom. The van der Waals surface area contributed by atoms with Crippen molar-refractivity contribution in [1.29, 1.82) is 0 Å². The normalized spacial score (nSPS) is 16.5. The summed E-state index contributed by atoms with van der Waals surface area (Å²) in [6.07, 6.45) is 5.43. The molecule has 8 heteroatoms. The third kappa shape index (κ3) is 3.98. The molecule has 1 aliphatic carbocycles. The quantitative estimate of drug-likeness (QED) is 0.642. The summed E-state index contributed by atoms with van der Waals surface area (Å²) in [7, 11) is 0. The van der Waals surface area contributed by atoms with Gasteiger partial charge in [-0.2, -0.15) is 0 Å². The molecule has 5 rings (SSSR count). The van der Waals surface area contributed by atoms with Gasteiger partial charge in [-0.05, 0) is 48.6 Å². The predicted octanol–water partition coefficient (Wildman–Crippen LogP) is 3.34. The van der Waals surface area contributed by atoms with Gasteiger partial charge in [0.1, 0.15) is 11.6 Å². The maximum Gasteiger partial charge on any atom is 0.269 e. The summed E-state index contributed by atoms with van der Waals surface area (Å²) in [4.78, 5) is 31.2. The highest BCUT2D eigenvalue weighted by molar-refractivity contribution is 7.17. The van der Waals surface area contributed by atoms with Gasteiger partial charge in [-0.25, -0.2) is 0 Å². The van der Waals surface area contributed by atoms with E-state index in [2.05, 4.69) is 15.6 Å². The van der Waals surface area contributed by atoms with E-state index in [1.54, 1.807) is 24.5 Å². The van der Waals surface area contributed by atoms with Crippen LogP contribution in [0.3, 0.4) is 0 Å². The maximum atomic E-state index is 13.0. The average molecular weight is 436 g/mol. The van der Waals surface area contributed by atoms with Crippen molar-refractivity contribution in [2.45, 2.75) is 31.9 Å². The second kappa shape index (κ2) is 8.39. The minimum atomic E-state index is -0.779. The molecule has 2 aromatic heterocycles. The van der Waals surface area contributed by atoms with Crippen LogP contribution in [0.5, 0.6) is 11.5 Å². The van der Waals surface area contributed by atoms with E-state index in [-0.39, 0.29) is 18.4 Å². The molecule has 2 amide bonds. The van der Waals surface area contributed by atoms with E-state index in [0.717, 1.165) is 35.3 Å². The van der Waals surface area contributed by atoms with Gasteiger partial charge in [0.15, 0.2) is 11.5 Å². The molecule has 2 aliphatic rings. The van der Waals surface area contributed by atoms with Crippen LogP contribution < -0.4 is 20.1 Å². The van der Waals surface area contributed by atoms with E-state index in [0.29, 0.717) is 28.6 Å². The Morgan fingerprint density at radius 1 is 1.13 bits per heavy atom. The Bertz CT molecular complexity index is 1130. The first-order valence-corrected chi connectivity index (χ1v) is 11.0. The van der Waals surface area contributed by atoms with Gasteiger partial charge < -0.3 is 20.1 Å². The lowest BCUT2D eigenvalue weighted by Crippen LogP contribution is -2.40. The number of thiophene rings is 1. The summed E-state index contributed by atoms with van der Waals surface area (Å²) < 4.78 is 11.5. The third-order valence-corrected chi connectivity index (χ3v) is 6.57. The van der Waals surface area contributed by atoms with E-state index in [9.17, 15) is 9.59 Å². The van der Waals surface area contributed by atoms with Crippen LogP contribution in [0, 0.1) is 0 Å². The number of aryl methyl sites for hydroxylation is 1. The zero-order valence-corrected chi connectivity index (χ0v) is 17.5. The number of fused-ring (bicyclic) bond motifs is 2. The number of anilines is 1. The van der Waals surface area contributed by atoms with Crippen molar-refractivity contribution in [2.24, 2.45) is 0 Å². The molecule has 31 heavy (non-hydrogen) atoms. The second-order valence-electron chi connectivity index (χ2n) is 7.46. The number of benzene rings is 1. The number of rotatable bonds is 5. The van der Waals surface area contributed by atoms with E-state index in [4.69, 9.17) is 9.47 Å². The number of nitrogens with zero attached hydrogens (tertiary/aromatic N) is 1. The van der Waals surface area contributed by atoms with Gasteiger partial charge in [0, 0.05) is 23.8 Å². The molecule has 0 radical (unpaired) electrons. The highest BCUT2D eigenvalue weighted by Crippen LogP contribution is 2.39. The molecule has 0 fully saturated rings. The van der Waals surface area contributed by atoms with Crippen molar-refractivity contribution in [2.75, 3.05) is 11.9 Å². The zero-order valence-electron chi connectivity index (χ0n) is 16.7. The van der Waals surface area contributed by atoms with Crippen molar-refractivity contribution >= 4 is 28.2 Å². The number of nitrogens with one attached hydrogen (secondary N) is 2. The monoisotopic (exact) mass is 435 g/mol. The van der Waals surface area contributed by atoms with Crippen molar-refractivity contribution in [3.05, 3.63) is 70.4 Å². The number of aromatic nitrogens is 1. The van der Waals surface area contributed by atoms with Crippen LogP contribution in [0.15, 0.2) is 48.8 Å². The number of hydrogen-bond donors (Lipinski definition) is 2. The molecule has 1 atom stereocenters. The number of ether oxygens (including phenoxy) is 2. The second-order valence-corrected chi connectivity index (χ2v) is 8.56. The molecule has 0 spiro atoms. The molecule has 0 saturated carbocycles. The minimum Gasteiger partial charge on any atom is -0.485 e. The average Bonchev–Trinajstić information content (AvgIpc) is 3.38. The summed E-state index contributed by atoms with van der Waals surface area (Å²) in [6.45, 7) is 0.498. The fraction of sp³-hybridized carbons (Fsp3) is 0.261.